The maximum Gasteiger partial charge on any atom is 0.242 e. The molecule has 0 aromatic heterocycles. The first-order valence-electron chi connectivity index (χ1n) is 6.51. The molecule has 1 saturated heterocycles. The Morgan fingerprint density at radius 1 is 1.32 bits per heavy atom. The predicted octanol–water partition coefficient (Wildman–Crippen LogP) is 1.58. The van der Waals surface area contributed by atoms with E-state index >= 15 is 0 Å². The lowest BCUT2D eigenvalue weighted by molar-refractivity contribution is 0.0247. The molecule has 1 aromatic carbocycles. The van der Waals surface area contributed by atoms with Gasteiger partial charge in [0.25, 0.3) is 0 Å². The third kappa shape index (κ3) is 3.68. The third-order valence-electron chi connectivity index (χ3n) is 3.24. The summed E-state index contributed by atoms with van der Waals surface area (Å²) in [5, 5.41) is 3.18. The van der Waals surface area contributed by atoms with Crippen LogP contribution in [-0.4, -0.2) is 34.7 Å². The SMILES string of the molecule is CNS(=O)(=O)c1ccccc1NCC1CCCCO1. The Bertz CT molecular complexity index is 510. The van der Waals surface area contributed by atoms with Gasteiger partial charge in [-0.2, -0.15) is 0 Å². The summed E-state index contributed by atoms with van der Waals surface area (Å²) in [4.78, 5) is 0.272. The van der Waals surface area contributed by atoms with E-state index in [9.17, 15) is 8.42 Å². The summed E-state index contributed by atoms with van der Waals surface area (Å²) in [5.41, 5.74) is 0.617. The molecule has 6 heteroatoms. The number of hydrogen-bond donors (Lipinski definition) is 2. The number of nitrogens with one attached hydrogen (secondary N) is 2. The van der Waals surface area contributed by atoms with Crippen molar-refractivity contribution in [3.05, 3.63) is 24.3 Å². The normalized spacial score (nSPS) is 20.2. The lowest BCUT2D eigenvalue weighted by Gasteiger charge is -2.23. The van der Waals surface area contributed by atoms with Gasteiger partial charge >= 0.3 is 0 Å². The van der Waals surface area contributed by atoms with Gasteiger partial charge in [0.05, 0.1) is 11.8 Å². The van der Waals surface area contributed by atoms with Gasteiger partial charge < -0.3 is 10.1 Å². The van der Waals surface area contributed by atoms with Gasteiger partial charge in [-0.3, -0.25) is 0 Å². The standard InChI is InChI=1S/C13H20N2O3S/c1-14-19(16,17)13-8-3-2-7-12(13)15-10-11-6-4-5-9-18-11/h2-3,7-8,11,14-15H,4-6,9-10H2,1H3. The van der Waals surface area contributed by atoms with Crippen LogP contribution in [0.4, 0.5) is 5.69 Å². The Balaban J connectivity index is 2.07. The number of hydrogen-bond acceptors (Lipinski definition) is 4. The van der Waals surface area contributed by atoms with E-state index in [0.29, 0.717) is 12.2 Å². The Kier molecular flexibility index (Phi) is 4.79. The first-order chi connectivity index (χ1) is 9.13. The molecule has 2 N–H and O–H groups in total. The Morgan fingerprint density at radius 2 is 2.11 bits per heavy atom. The van der Waals surface area contributed by atoms with Crippen LogP contribution in [0.3, 0.4) is 0 Å². The van der Waals surface area contributed by atoms with Crippen molar-refractivity contribution in [2.75, 3.05) is 25.5 Å². The summed E-state index contributed by atoms with van der Waals surface area (Å²) in [5.74, 6) is 0. The first-order valence-corrected chi connectivity index (χ1v) is 8.00. The molecule has 0 radical (unpaired) electrons. The number of benzene rings is 1. The van der Waals surface area contributed by atoms with Gasteiger partial charge in [-0.25, -0.2) is 13.1 Å². The van der Waals surface area contributed by atoms with Gasteiger partial charge in [-0.1, -0.05) is 12.1 Å². The summed E-state index contributed by atoms with van der Waals surface area (Å²) in [6, 6.07) is 6.90. The fourth-order valence-corrected chi connectivity index (χ4v) is 3.06. The largest absolute Gasteiger partial charge is 0.381 e. The molecule has 0 amide bonds. The number of ether oxygens (including phenoxy) is 1. The Morgan fingerprint density at radius 3 is 2.79 bits per heavy atom. The summed E-state index contributed by atoms with van der Waals surface area (Å²) >= 11 is 0. The molecule has 106 valence electrons. The maximum atomic E-state index is 11.9. The molecule has 5 nitrogen and oxygen atoms in total. The van der Waals surface area contributed by atoms with E-state index in [1.165, 1.54) is 13.5 Å². The highest BCUT2D eigenvalue weighted by atomic mass is 32.2. The van der Waals surface area contributed by atoms with E-state index in [4.69, 9.17) is 4.74 Å². The van der Waals surface area contributed by atoms with Gasteiger partial charge in [0.15, 0.2) is 0 Å². The van der Waals surface area contributed by atoms with Crippen LogP contribution in [-0.2, 0) is 14.8 Å². The van der Waals surface area contributed by atoms with Crippen molar-refractivity contribution < 1.29 is 13.2 Å². The molecule has 1 aromatic rings. The van der Waals surface area contributed by atoms with Crippen molar-refractivity contribution in [1.82, 2.24) is 4.72 Å². The fourth-order valence-electron chi connectivity index (χ4n) is 2.15. The summed E-state index contributed by atoms with van der Waals surface area (Å²) in [6.45, 7) is 1.43. The smallest absolute Gasteiger partial charge is 0.242 e. The van der Waals surface area contributed by atoms with Crippen LogP contribution in [0.25, 0.3) is 0 Å². The van der Waals surface area contributed by atoms with Crippen LogP contribution in [0.2, 0.25) is 0 Å². The molecule has 0 aliphatic carbocycles. The molecular formula is C13H20N2O3S. The number of anilines is 1. The second kappa shape index (κ2) is 6.36. The van der Waals surface area contributed by atoms with Gasteiger partial charge in [0, 0.05) is 13.2 Å². The van der Waals surface area contributed by atoms with Gasteiger partial charge in [-0.05, 0) is 38.4 Å². The molecule has 1 atom stereocenters. The van der Waals surface area contributed by atoms with Crippen LogP contribution in [0.1, 0.15) is 19.3 Å². The van der Waals surface area contributed by atoms with Crippen LogP contribution < -0.4 is 10.0 Å². The highest BCUT2D eigenvalue weighted by Gasteiger charge is 2.18. The van der Waals surface area contributed by atoms with E-state index in [2.05, 4.69) is 10.0 Å². The quantitative estimate of drug-likeness (QED) is 0.861. The second-order valence-electron chi connectivity index (χ2n) is 4.57. The van der Waals surface area contributed by atoms with E-state index in [1.807, 2.05) is 6.07 Å². The van der Waals surface area contributed by atoms with Crippen LogP contribution in [0.5, 0.6) is 0 Å². The van der Waals surface area contributed by atoms with E-state index in [1.54, 1.807) is 18.2 Å². The van der Waals surface area contributed by atoms with Gasteiger partial charge in [0.1, 0.15) is 4.90 Å². The maximum absolute atomic E-state index is 11.9. The lowest BCUT2D eigenvalue weighted by atomic mass is 10.1. The average Bonchev–Trinajstić information content (AvgIpc) is 2.46. The van der Waals surface area contributed by atoms with Gasteiger partial charge in [-0.15, -0.1) is 0 Å². The molecule has 1 heterocycles. The molecule has 1 aliphatic heterocycles. The zero-order chi connectivity index (χ0) is 13.7. The first kappa shape index (κ1) is 14.3. The fraction of sp³-hybridized carbons (Fsp3) is 0.538. The third-order valence-corrected chi connectivity index (χ3v) is 4.71. The van der Waals surface area contributed by atoms with Crippen molar-refractivity contribution in [3.8, 4) is 0 Å². The Labute approximate surface area is 114 Å². The lowest BCUT2D eigenvalue weighted by Crippen LogP contribution is -2.28. The number of sulfonamides is 1. The van der Waals surface area contributed by atoms with E-state index < -0.39 is 10.0 Å². The van der Waals surface area contributed by atoms with Crippen molar-refractivity contribution in [2.24, 2.45) is 0 Å². The molecule has 0 bridgehead atoms. The highest BCUT2D eigenvalue weighted by Crippen LogP contribution is 2.21. The zero-order valence-corrected chi connectivity index (χ0v) is 11.9. The topological polar surface area (TPSA) is 67.4 Å². The number of para-hydroxylation sites is 1. The van der Waals surface area contributed by atoms with Crippen molar-refractivity contribution >= 4 is 15.7 Å². The minimum Gasteiger partial charge on any atom is -0.381 e. The minimum absolute atomic E-state index is 0.166. The van der Waals surface area contributed by atoms with Crippen molar-refractivity contribution in [3.63, 3.8) is 0 Å². The second-order valence-corrected chi connectivity index (χ2v) is 6.43. The van der Waals surface area contributed by atoms with Crippen LogP contribution in [0, 0.1) is 0 Å². The molecular weight excluding hydrogens is 264 g/mol. The summed E-state index contributed by atoms with van der Waals surface area (Å²) < 4.78 is 31.7. The van der Waals surface area contributed by atoms with E-state index in [-0.39, 0.29) is 11.0 Å². The zero-order valence-electron chi connectivity index (χ0n) is 11.1. The average molecular weight is 284 g/mol. The number of rotatable bonds is 5. The molecule has 1 unspecified atom stereocenters. The summed E-state index contributed by atoms with van der Waals surface area (Å²) in [6.07, 6.45) is 3.47. The van der Waals surface area contributed by atoms with Crippen molar-refractivity contribution in [1.29, 1.82) is 0 Å². The molecule has 0 spiro atoms. The predicted molar refractivity (Wildman–Crippen MR) is 74.8 cm³/mol. The molecule has 2 rings (SSSR count). The Hall–Kier alpha value is -1.11. The molecule has 1 fully saturated rings. The van der Waals surface area contributed by atoms with Crippen LogP contribution in [0.15, 0.2) is 29.2 Å². The van der Waals surface area contributed by atoms with Crippen molar-refractivity contribution in [2.45, 2.75) is 30.3 Å². The minimum atomic E-state index is -3.44. The van der Waals surface area contributed by atoms with Crippen LogP contribution >= 0.6 is 0 Å². The molecule has 19 heavy (non-hydrogen) atoms. The highest BCUT2D eigenvalue weighted by molar-refractivity contribution is 7.89. The van der Waals surface area contributed by atoms with Gasteiger partial charge in [0.2, 0.25) is 10.0 Å². The van der Waals surface area contributed by atoms with E-state index in [0.717, 1.165) is 19.4 Å². The summed E-state index contributed by atoms with van der Waals surface area (Å²) in [7, 11) is -2.02. The molecule has 1 aliphatic rings. The molecule has 0 saturated carbocycles. The monoisotopic (exact) mass is 284 g/mol.